The molecule has 0 atom stereocenters. The van der Waals surface area contributed by atoms with Crippen molar-refractivity contribution in [3.63, 3.8) is 0 Å². The first kappa shape index (κ1) is 8.14. The molecule has 0 aliphatic heterocycles. The Labute approximate surface area is 69.1 Å². The molecule has 0 radical (unpaired) electrons. The monoisotopic (exact) mass is 162 g/mol. The second kappa shape index (κ2) is 4.03. The van der Waals surface area contributed by atoms with Crippen molar-refractivity contribution in [1.29, 1.82) is 5.26 Å². The van der Waals surface area contributed by atoms with Gasteiger partial charge >= 0.3 is 0 Å². The predicted molar refractivity (Wildman–Crippen MR) is 40.0 cm³/mol. The number of aromatic nitrogens is 2. The number of carbonyl (C=O) groups excluding carboxylic acids is 1. The summed E-state index contributed by atoms with van der Waals surface area (Å²) >= 11 is 0. The van der Waals surface area contributed by atoms with E-state index in [0.29, 0.717) is 0 Å². The number of carbonyl (C=O) groups is 1. The van der Waals surface area contributed by atoms with Gasteiger partial charge in [0.05, 0.1) is 6.07 Å². The van der Waals surface area contributed by atoms with Crippen LogP contribution in [0.25, 0.3) is 0 Å². The summed E-state index contributed by atoms with van der Waals surface area (Å²) < 4.78 is 0. The zero-order valence-corrected chi connectivity index (χ0v) is 6.19. The van der Waals surface area contributed by atoms with Crippen LogP contribution < -0.4 is 5.32 Å². The average molecular weight is 162 g/mol. The van der Waals surface area contributed by atoms with E-state index in [1.807, 2.05) is 0 Å². The Kier molecular flexibility index (Phi) is 2.73. The lowest BCUT2D eigenvalue weighted by Gasteiger charge is -1.96. The minimum atomic E-state index is -0.433. The van der Waals surface area contributed by atoms with Gasteiger partial charge in [-0.25, -0.2) is 9.97 Å². The second-order valence-corrected chi connectivity index (χ2v) is 1.91. The van der Waals surface area contributed by atoms with Gasteiger partial charge in [-0.1, -0.05) is 0 Å². The third-order valence-electron chi connectivity index (χ3n) is 1.10. The van der Waals surface area contributed by atoms with Crippen molar-refractivity contribution in [2.24, 2.45) is 0 Å². The van der Waals surface area contributed by atoms with E-state index in [1.54, 1.807) is 12.1 Å². The van der Waals surface area contributed by atoms with Crippen LogP contribution in [-0.2, 0) is 0 Å². The van der Waals surface area contributed by atoms with Gasteiger partial charge in [-0.2, -0.15) is 5.26 Å². The van der Waals surface area contributed by atoms with E-state index < -0.39 is 5.91 Å². The van der Waals surface area contributed by atoms with Gasteiger partial charge < -0.3 is 5.32 Å². The Morgan fingerprint density at radius 2 is 2.25 bits per heavy atom. The topological polar surface area (TPSA) is 78.7 Å². The van der Waals surface area contributed by atoms with Crippen molar-refractivity contribution >= 4 is 5.91 Å². The van der Waals surface area contributed by atoms with Gasteiger partial charge in [-0.3, -0.25) is 4.79 Å². The first-order valence-electron chi connectivity index (χ1n) is 3.27. The molecule has 0 bridgehead atoms. The first-order chi connectivity index (χ1) is 5.84. The fraction of sp³-hybridized carbons (Fsp3) is 0.143. The van der Waals surface area contributed by atoms with Crippen LogP contribution in [0.4, 0.5) is 0 Å². The summed E-state index contributed by atoms with van der Waals surface area (Å²) in [5, 5.41) is 10.5. The van der Waals surface area contributed by atoms with Crippen molar-refractivity contribution in [2.75, 3.05) is 6.54 Å². The number of hydrogen-bond donors (Lipinski definition) is 1. The fourth-order valence-electron chi connectivity index (χ4n) is 0.615. The van der Waals surface area contributed by atoms with Crippen molar-refractivity contribution < 1.29 is 4.79 Å². The summed E-state index contributed by atoms with van der Waals surface area (Å²) in [6.45, 7) is -0.0307. The Balaban J connectivity index is 2.61. The van der Waals surface area contributed by atoms with E-state index in [2.05, 4.69) is 15.3 Å². The van der Waals surface area contributed by atoms with E-state index in [-0.39, 0.29) is 12.4 Å². The fourth-order valence-corrected chi connectivity index (χ4v) is 0.615. The Morgan fingerprint density at radius 3 is 2.83 bits per heavy atom. The van der Waals surface area contributed by atoms with E-state index in [0.717, 1.165) is 0 Å². The van der Waals surface area contributed by atoms with Crippen LogP contribution in [-0.4, -0.2) is 22.4 Å². The molecule has 0 aromatic carbocycles. The summed E-state index contributed by atoms with van der Waals surface area (Å²) in [5.74, 6) is -0.357. The van der Waals surface area contributed by atoms with Crippen LogP contribution in [0.1, 0.15) is 10.6 Å². The Morgan fingerprint density at radius 1 is 1.58 bits per heavy atom. The van der Waals surface area contributed by atoms with Gasteiger partial charge in [0.2, 0.25) is 5.82 Å². The highest BCUT2D eigenvalue weighted by molar-refractivity contribution is 5.90. The van der Waals surface area contributed by atoms with Crippen molar-refractivity contribution in [1.82, 2.24) is 15.3 Å². The lowest BCUT2D eigenvalue weighted by molar-refractivity contribution is 0.0948. The molecule has 0 aliphatic carbocycles. The van der Waals surface area contributed by atoms with E-state index in [4.69, 9.17) is 5.26 Å². The number of rotatable bonds is 2. The number of amides is 1. The lowest BCUT2D eigenvalue weighted by atomic mass is 10.5. The van der Waals surface area contributed by atoms with E-state index in [1.165, 1.54) is 12.4 Å². The molecule has 1 N–H and O–H groups in total. The van der Waals surface area contributed by atoms with Gasteiger partial charge in [0.15, 0.2) is 0 Å². The van der Waals surface area contributed by atoms with Crippen LogP contribution >= 0.6 is 0 Å². The molecule has 0 aliphatic rings. The summed E-state index contributed by atoms with van der Waals surface area (Å²) in [6.07, 6.45) is 2.93. The number of nitriles is 1. The number of nitrogens with one attached hydrogen (secondary N) is 1. The highest BCUT2D eigenvalue weighted by Crippen LogP contribution is 1.85. The van der Waals surface area contributed by atoms with Gasteiger partial charge in [-0.15, -0.1) is 0 Å². The largest absolute Gasteiger partial charge is 0.336 e. The first-order valence-corrected chi connectivity index (χ1v) is 3.27. The third kappa shape index (κ3) is 2.02. The quantitative estimate of drug-likeness (QED) is 0.607. The molecule has 0 fully saturated rings. The summed E-state index contributed by atoms with van der Waals surface area (Å²) in [6, 6.07) is 3.39. The molecule has 12 heavy (non-hydrogen) atoms. The molecular formula is C7H6N4O. The molecule has 1 aromatic heterocycles. The van der Waals surface area contributed by atoms with Crippen LogP contribution in [0.15, 0.2) is 18.5 Å². The minimum absolute atomic E-state index is 0.0307. The standard InChI is InChI=1S/C7H6N4O/c8-2-5-11-7(12)6-9-3-1-4-10-6/h1,3-4H,5H2,(H,11,12). The minimum Gasteiger partial charge on any atom is -0.336 e. The second-order valence-electron chi connectivity index (χ2n) is 1.91. The van der Waals surface area contributed by atoms with Crippen LogP contribution in [0.2, 0.25) is 0 Å². The molecule has 5 heteroatoms. The molecule has 0 saturated carbocycles. The van der Waals surface area contributed by atoms with Crippen molar-refractivity contribution in [3.05, 3.63) is 24.3 Å². The molecule has 1 heterocycles. The summed E-state index contributed by atoms with van der Waals surface area (Å²) in [7, 11) is 0. The van der Waals surface area contributed by atoms with E-state index >= 15 is 0 Å². The summed E-state index contributed by atoms with van der Waals surface area (Å²) in [5.41, 5.74) is 0. The van der Waals surface area contributed by atoms with Crippen molar-refractivity contribution in [3.8, 4) is 6.07 Å². The maximum absolute atomic E-state index is 11.0. The molecule has 0 unspecified atom stereocenters. The molecule has 0 saturated heterocycles. The van der Waals surface area contributed by atoms with Crippen LogP contribution in [0.3, 0.4) is 0 Å². The maximum Gasteiger partial charge on any atom is 0.289 e. The molecular weight excluding hydrogens is 156 g/mol. The smallest absolute Gasteiger partial charge is 0.289 e. The normalized spacial score (nSPS) is 8.58. The zero-order chi connectivity index (χ0) is 8.81. The van der Waals surface area contributed by atoms with Crippen LogP contribution in [0, 0.1) is 11.3 Å². The van der Waals surface area contributed by atoms with Gasteiger partial charge in [0, 0.05) is 12.4 Å². The molecule has 1 amide bonds. The Bertz CT molecular complexity index is 303. The van der Waals surface area contributed by atoms with Gasteiger partial charge in [0.25, 0.3) is 5.91 Å². The number of hydrogen-bond acceptors (Lipinski definition) is 4. The molecule has 0 spiro atoms. The lowest BCUT2D eigenvalue weighted by Crippen LogP contribution is -2.25. The molecule has 1 aromatic rings. The van der Waals surface area contributed by atoms with Gasteiger partial charge in [-0.05, 0) is 6.07 Å². The SMILES string of the molecule is N#CCNC(=O)c1ncccn1. The van der Waals surface area contributed by atoms with Gasteiger partial charge in [0.1, 0.15) is 6.54 Å². The van der Waals surface area contributed by atoms with E-state index in [9.17, 15) is 4.79 Å². The Hall–Kier alpha value is -1.96. The molecule has 5 nitrogen and oxygen atoms in total. The number of nitrogens with zero attached hydrogens (tertiary/aromatic N) is 3. The predicted octanol–water partition coefficient (Wildman–Crippen LogP) is -0.270. The third-order valence-corrected chi connectivity index (χ3v) is 1.10. The maximum atomic E-state index is 11.0. The average Bonchev–Trinajstić information content (AvgIpc) is 2.15. The molecule has 60 valence electrons. The highest BCUT2D eigenvalue weighted by atomic mass is 16.2. The summed E-state index contributed by atoms with van der Waals surface area (Å²) in [4.78, 5) is 18.4. The van der Waals surface area contributed by atoms with Crippen LogP contribution in [0.5, 0.6) is 0 Å². The highest BCUT2D eigenvalue weighted by Gasteiger charge is 2.05. The van der Waals surface area contributed by atoms with Crippen molar-refractivity contribution in [2.45, 2.75) is 0 Å². The molecule has 1 rings (SSSR count). The zero-order valence-electron chi connectivity index (χ0n) is 6.19.